The normalized spacial score (nSPS) is 28.6. The summed E-state index contributed by atoms with van der Waals surface area (Å²) in [5, 5.41) is 0.689. The molecular weight excluding hydrogens is 610 g/mol. The number of fused-ring (bicyclic) bond motifs is 9. The Morgan fingerprint density at radius 2 is 1.61 bits per heavy atom. The number of nitrogens with zero attached hydrogens (tertiary/aromatic N) is 1. The zero-order chi connectivity index (χ0) is 30.3. The third kappa shape index (κ3) is 4.19. The van der Waals surface area contributed by atoms with Crippen molar-refractivity contribution < 1.29 is 27.5 Å². The van der Waals surface area contributed by atoms with Gasteiger partial charge in [0.05, 0.1) is 28.1 Å². The number of ether oxygens (including phenoxy) is 1. The number of carbonyl (C=O) groups excluding carboxylic acids is 2. The molecule has 7 atom stereocenters. The van der Waals surface area contributed by atoms with Gasteiger partial charge in [-0.15, -0.1) is 11.8 Å². The minimum atomic E-state index is -4.71. The lowest BCUT2D eigenvalue weighted by Crippen LogP contribution is -2.42. The van der Waals surface area contributed by atoms with Crippen molar-refractivity contribution in [3.8, 4) is 5.75 Å². The van der Waals surface area contributed by atoms with E-state index in [1.54, 1.807) is 0 Å². The van der Waals surface area contributed by atoms with Gasteiger partial charge >= 0.3 is 11.0 Å². The third-order valence-corrected chi connectivity index (χ3v) is 12.2. The molecule has 2 aliphatic carbocycles. The number of nitrogens with one attached hydrogen (secondary N) is 1. The van der Waals surface area contributed by atoms with Gasteiger partial charge < -0.3 is 9.72 Å². The summed E-state index contributed by atoms with van der Waals surface area (Å²) in [6.07, 6.45) is -4.07. The molecule has 224 valence electrons. The smallest absolute Gasteiger partial charge is 0.418 e. The van der Waals surface area contributed by atoms with E-state index in [0.717, 1.165) is 43.3 Å². The monoisotopic (exact) mass is 634 g/mol. The summed E-state index contributed by atoms with van der Waals surface area (Å²) in [6.45, 7) is 0.389. The van der Waals surface area contributed by atoms with Crippen LogP contribution in [0.5, 0.6) is 5.75 Å². The number of thiazole rings is 1. The topological polar surface area (TPSA) is 79.5 Å². The zero-order valence-electron chi connectivity index (χ0n) is 23.0. The number of aromatic nitrogens is 1. The van der Waals surface area contributed by atoms with Crippen molar-refractivity contribution in [2.24, 2.45) is 29.6 Å². The number of halogens is 3. The number of carbonyl (C=O) groups is 2. The number of hydrogen-bond acceptors (Lipinski definition) is 6. The Balaban J connectivity index is 1.16. The average molecular weight is 635 g/mol. The summed E-state index contributed by atoms with van der Waals surface area (Å²) in [7, 11) is 0. The fourth-order valence-corrected chi connectivity index (χ4v) is 11.0. The lowest BCUT2D eigenvalue weighted by Gasteiger charge is -2.43. The second-order valence-corrected chi connectivity index (χ2v) is 14.0. The highest BCUT2D eigenvalue weighted by Gasteiger charge is 2.70. The number of anilines is 1. The number of thioether (sulfide) groups is 1. The van der Waals surface area contributed by atoms with Crippen molar-refractivity contribution in [1.29, 1.82) is 0 Å². The molecule has 2 aliphatic heterocycles. The van der Waals surface area contributed by atoms with E-state index in [2.05, 4.69) is 4.98 Å². The second-order valence-electron chi connectivity index (χ2n) is 11.8. The molecule has 0 spiro atoms. The first-order valence-corrected chi connectivity index (χ1v) is 16.1. The summed E-state index contributed by atoms with van der Waals surface area (Å²) in [5.74, 6) is -2.54. The van der Waals surface area contributed by atoms with Crippen molar-refractivity contribution in [2.45, 2.75) is 35.4 Å². The van der Waals surface area contributed by atoms with Crippen LogP contribution in [0.15, 0.2) is 88.7 Å². The maximum Gasteiger partial charge on any atom is 0.418 e. The fraction of sp³-hybridized carbons (Fsp3) is 0.303. The Hall–Kier alpha value is -3.83. The van der Waals surface area contributed by atoms with Gasteiger partial charge in [-0.25, -0.2) is 4.90 Å². The lowest BCUT2D eigenvalue weighted by atomic mass is 9.68. The molecule has 44 heavy (non-hydrogen) atoms. The highest BCUT2D eigenvalue weighted by molar-refractivity contribution is 8.00. The van der Waals surface area contributed by atoms with Crippen molar-refractivity contribution in [3.05, 3.63) is 110 Å². The first-order valence-electron chi connectivity index (χ1n) is 14.4. The fourth-order valence-electron chi connectivity index (χ4n) is 8.07. The van der Waals surface area contributed by atoms with E-state index < -0.39 is 41.1 Å². The number of amides is 2. The minimum absolute atomic E-state index is 0.0764. The van der Waals surface area contributed by atoms with E-state index in [1.165, 1.54) is 30.0 Å². The van der Waals surface area contributed by atoms with Gasteiger partial charge in [-0.3, -0.25) is 14.4 Å². The summed E-state index contributed by atoms with van der Waals surface area (Å²) in [5.41, 5.74) is 0.578. The molecule has 4 aromatic rings. The van der Waals surface area contributed by atoms with Crippen molar-refractivity contribution in [1.82, 2.24) is 4.98 Å². The van der Waals surface area contributed by atoms with Crippen LogP contribution >= 0.6 is 23.1 Å². The average Bonchev–Trinajstić information content (AvgIpc) is 3.75. The molecule has 3 aromatic carbocycles. The molecule has 1 N–H and O–H groups in total. The van der Waals surface area contributed by atoms with Crippen molar-refractivity contribution >= 4 is 40.6 Å². The van der Waals surface area contributed by atoms with Crippen LogP contribution in [0.3, 0.4) is 0 Å². The maximum atomic E-state index is 14.0. The molecule has 4 aliphatic rings. The van der Waals surface area contributed by atoms with Gasteiger partial charge in [0.25, 0.3) is 0 Å². The molecule has 3 heterocycles. The van der Waals surface area contributed by atoms with Crippen LogP contribution in [0, 0.1) is 29.6 Å². The number of para-hydroxylation sites is 1. The molecule has 2 amide bonds. The number of hydrogen-bond donors (Lipinski definition) is 1. The third-order valence-electron chi connectivity index (χ3n) is 9.64. The quantitative estimate of drug-likeness (QED) is 0.247. The van der Waals surface area contributed by atoms with Gasteiger partial charge in [-0.2, -0.15) is 13.2 Å². The Labute approximate surface area is 258 Å². The Morgan fingerprint density at radius 1 is 0.886 bits per heavy atom. The zero-order valence-corrected chi connectivity index (χ0v) is 24.6. The molecule has 2 bridgehead atoms. The molecule has 5 unspecified atom stereocenters. The number of alkyl halides is 3. The second kappa shape index (κ2) is 10.1. The van der Waals surface area contributed by atoms with Crippen molar-refractivity contribution in [2.75, 3.05) is 4.90 Å². The number of aromatic amines is 1. The van der Waals surface area contributed by atoms with Gasteiger partial charge in [0.15, 0.2) is 0 Å². The predicted octanol–water partition coefficient (Wildman–Crippen LogP) is 6.71. The number of rotatable bonds is 5. The van der Waals surface area contributed by atoms with Gasteiger partial charge in [0.1, 0.15) is 12.4 Å². The summed E-state index contributed by atoms with van der Waals surface area (Å²) >= 11 is 2.69. The first-order chi connectivity index (χ1) is 21.2. The van der Waals surface area contributed by atoms with E-state index in [1.807, 2.05) is 54.6 Å². The van der Waals surface area contributed by atoms with Crippen molar-refractivity contribution in [3.63, 3.8) is 0 Å². The van der Waals surface area contributed by atoms with Crippen LogP contribution in [-0.2, 0) is 22.4 Å². The highest BCUT2D eigenvalue weighted by atomic mass is 32.2. The van der Waals surface area contributed by atoms with Gasteiger partial charge in [-0.05, 0) is 59.6 Å². The number of imide groups is 1. The van der Waals surface area contributed by atoms with Crippen LogP contribution in [0.1, 0.15) is 33.9 Å². The summed E-state index contributed by atoms with van der Waals surface area (Å²) in [6, 6.07) is 22.4. The molecule has 6 nitrogen and oxygen atoms in total. The van der Waals surface area contributed by atoms with Crippen LogP contribution in [0.4, 0.5) is 18.9 Å². The molecular formula is C33H25F3N2O4S2. The molecule has 1 saturated heterocycles. The molecule has 1 aromatic heterocycles. The Kier molecular flexibility index (Phi) is 6.36. The standard InChI is InChI=1S/C33H25F3N2O4S2/c34-33(35,36)21-11-4-5-12-22(21)38-30(39)25-19-14-20(26(25)31(38)40)27-24(19)23(28-29(43-27)37-32(41)44-28)17-9-6-10-18(13-17)42-15-16-7-2-1-3-8-16/h1-13,19-20,23-27H,14-15H2,(H,37,41)/t19-,20-,23?,24?,25?,26?,27?/m1/s1. The molecule has 11 heteroatoms. The first kappa shape index (κ1) is 27.7. The molecule has 0 radical (unpaired) electrons. The van der Waals surface area contributed by atoms with E-state index in [-0.39, 0.29) is 33.8 Å². The van der Waals surface area contributed by atoms with Crippen LogP contribution in [0.2, 0.25) is 0 Å². The summed E-state index contributed by atoms with van der Waals surface area (Å²) < 4.78 is 47.9. The lowest BCUT2D eigenvalue weighted by molar-refractivity contribution is -0.137. The predicted molar refractivity (Wildman–Crippen MR) is 160 cm³/mol. The molecule has 2 saturated carbocycles. The number of H-pyrrole nitrogens is 1. The van der Waals surface area contributed by atoms with E-state index in [0.29, 0.717) is 18.8 Å². The van der Waals surface area contributed by atoms with Gasteiger partial charge in [0, 0.05) is 16.0 Å². The Morgan fingerprint density at radius 3 is 2.39 bits per heavy atom. The summed E-state index contributed by atoms with van der Waals surface area (Å²) in [4.78, 5) is 44.9. The number of benzene rings is 3. The van der Waals surface area contributed by atoms with Crippen LogP contribution in [0.25, 0.3) is 0 Å². The van der Waals surface area contributed by atoms with Gasteiger partial charge in [-0.1, -0.05) is 65.9 Å². The highest BCUT2D eigenvalue weighted by Crippen LogP contribution is 2.69. The van der Waals surface area contributed by atoms with E-state index in [9.17, 15) is 27.6 Å². The SMILES string of the molecule is O=C1C2C(C(=O)N1c1ccccc1C(F)(F)F)[C@@H]1C[C@H]2C2Sc3[nH]c(=O)sc3C(c3cccc(OCc4ccccc4)c3)C21. The van der Waals surface area contributed by atoms with Gasteiger partial charge in [0.2, 0.25) is 11.8 Å². The maximum absolute atomic E-state index is 14.0. The Bertz CT molecular complexity index is 1860. The van der Waals surface area contributed by atoms with Crippen LogP contribution in [-0.4, -0.2) is 22.0 Å². The van der Waals surface area contributed by atoms with E-state index >= 15 is 0 Å². The largest absolute Gasteiger partial charge is 0.489 e. The molecule has 8 rings (SSSR count). The van der Waals surface area contributed by atoms with Crippen LogP contribution < -0.4 is 14.5 Å². The minimum Gasteiger partial charge on any atom is -0.489 e. The van der Waals surface area contributed by atoms with E-state index in [4.69, 9.17) is 4.74 Å². The molecule has 3 fully saturated rings.